The second-order valence-electron chi connectivity index (χ2n) is 10.9. The van der Waals surface area contributed by atoms with E-state index >= 15 is 0 Å². The van der Waals surface area contributed by atoms with E-state index in [1.807, 2.05) is 33.8 Å². The van der Waals surface area contributed by atoms with Crippen molar-refractivity contribution in [3.8, 4) is 0 Å². The molecule has 3 rings (SSSR count). The molecule has 1 aliphatic carbocycles. The molecule has 1 heterocycles. The van der Waals surface area contributed by atoms with E-state index < -0.39 is 47.7 Å². The van der Waals surface area contributed by atoms with Gasteiger partial charge in [-0.15, -0.1) is 0 Å². The number of carbonyl (C=O) groups excluding carboxylic acids is 5. The van der Waals surface area contributed by atoms with Gasteiger partial charge in [-0.1, -0.05) is 45.7 Å². The highest BCUT2D eigenvalue weighted by atomic mass is 16.2. The van der Waals surface area contributed by atoms with E-state index in [0.717, 1.165) is 31.2 Å². The molecule has 4 atom stereocenters. The highest BCUT2D eigenvalue weighted by molar-refractivity contribution is 6.39. The second kappa shape index (κ2) is 11.1. The first-order valence-electron chi connectivity index (χ1n) is 12.4. The Balaban J connectivity index is 1.64. The lowest BCUT2D eigenvalue weighted by molar-refractivity contribution is -0.145. The maximum atomic E-state index is 13.7. The topological polar surface area (TPSA) is 151 Å². The zero-order valence-electron chi connectivity index (χ0n) is 21.4. The minimum absolute atomic E-state index is 0.0736. The van der Waals surface area contributed by atoms with Crippen LogP contribution in [-0.4, -0.2) is 59.1 Å². The van der Waals surface area contributed by atoms with Gasteiger partial charge >= 0.3 is 11.8 Å². The number of hydrogen-bond acceptors (Lipinski definition) is 5. The number of anilines is 1. The summed E-state index contributed by atoms with van der Waals surface area (Å²) in [4.78, 5) is 64.6. The smallest absolute Gasteiger partial charge is 0.313 e. The van der Waals surface area contributed by atoms with Crippen LogP contribution in [0.5, 0.6) is 0 Å². The highest BCUT2D eigenvalue weighted by Gasteiger charge is 2.50. The lowest BCUT2D eigenvalue weighted by Gasteiger charge is -2.39. The fourth-order valence-electron chi connectivity index (χ4n) is 5.19. The first kappa shape index (κ1) is 27.2. The third-order valence-electron chi connectivity index (χ3n) is 6.98. The predicted octanol–water partition coefficient (Wildman–Crippen LogP) is 1.23. The van der Waals surface area contributed by atoms with Crippen molar-refractivity contribution in [3.63, 3.8) is 0 Å². The number of nitrogens with zero attached hydrogens (tertiary/aromatic N) is 1. The third-order valence-corrected chi connectivity index (χ3v) is 6.98. The van der Waals surface area contributed by atoms with Crippen molar-refractivity contribution in [2.75, 3.05) is 11.9 Å². The molecule has 2 aliphatic rings. The van der Waals surface area contributed by atoms with E-state index in [4.69, 9.17) is 5.73 Å². The first-order valence-corrected chi connectivity index (χ1v) is 12.4. The Labute approximate surface area is 211 Å². The lowest BCUT2D eigenvalue weighted by Crippen LogP contribution is -2.60. The van der Waals surface area contributed by atoms with Crippen LogP contribution in [0.2, 0.25) is 0 Å². The maximum Gasteiger partial charge on any atom is 0.313 e. The Bertz CT molecular complexity index is 1030. The SMILES string of the molecule is Cc1cccc(NC(=O)C(=O)NCC(=O)N[C@H](C(=O)N2C3CCCCC3C[C@H]2C(N)=O)C(C)(C)C)c1. The molecule has 1 aromatic carbocycles. The number of carbonyl (C=O) groups is 5. The van der Waals surface area contributed by atoms with Crippen LogP contribution in [0, 0.1) is 18.3 Å². The van der Waals surface area contributed by atoms with Crippen LogP contribution in [0.15, 0.2) is 24.3 Å². The van der Waals surface area contributed by atoms with E-state index in [9.17, 15) is 24.0 Å². The molecule has 36 heavy (non-hydrogen) atoms. The van der Waals surface area contributed by atoms with Crippen LogP contribution < -0.4 is 21.7 Å². The van der Waals surface area contributed by atoms with Gasteiger partial charge in [0.2, 0.25) is 17.7 Å². The quantitative estimate of drug-likeness (QED) is 0.434. The molecule has 10 heteroatoms. The summed E-state index contributed by atoms with van der Waals surface area (Å²) >= 11 is 0. The van der Waals surface area contributed by atoms with Gasteiger partial charge < -0.3 is 26.6 Å². The van der Waals surface area contributed by atoms with Gasteiger partial charge in [0.05, 0.1) is 6.54 Å². The van der Waals surface area contributed by atoms with E-state index in [-0.39, 0.29) is 17.9 Å². The Hall–Kier alpha value is -3.43. The molecule has 1 aliphatic heterocycles. The van der Waals surface area contributed by atoms with Crippen LogP contribution in [0.3, 0.4) is 0 Å². The van der Waals surface area contributed by atoms with Crippen LogP contribution in [0.1, 0.15) is 58.4 Å². The molecule has 1 saturated carbocycles. The molecule has 0 spiro atoms. The first-order chi connectivity index (χ1) is 16.9. The minimum Gasteiger partial charge on any atom is -0.368 e. The van der Waals surface area contributed by atoms with E-state index in [1.165, 1.54) is 0 Å². The summed E-state index contributed by atoms with van der Waals surface area (Å²) in [6, 6.07) is 5.26. The summed E-state index contributed by atoms with van der Waals surface area (Å²) in [6.45, 7) is 6.83. The van der Waals surface area contributed by atoms with Crippen molar-refractivity contribution in [2.45, 2.75) is 77.9 Å². The summed E-state index contributed by atoms with van der Waals surface area (Å²) in [5.41, 5.74) is 6.37. The van der Waals surface area contributed by atoms with Gasteiger partial charge in [0.15, 0.2) is 0 Å². The molecule has 196 valence electrons. The Kier molecular flexibility index (Phi) is 8.37. The molecule has 10 nitrogen and oxygen atoms in total. The van der Waals surface area contributed by atoms with Gasteiger partial charge in [0, 0.05) is 11.7 Å². The number of nitrogens with one attached hydrogen (secondary N) is 3. The zero-order valence-corrected chi connectivity index (χ0v) is 21.4. The molecule has 2 unspecified atom stereocenters. The molecule has 0 aromatic heterocycles. The lowest BCUT2D eigenvalue weighted by atomic mass is 9.83. The molecular weight excluding hydrogens is 462 g/mol. The fraction of sp³-hybridized carbons (Fsp3) is 0.577. The second-order valence-corrected chi connectivity index (χ2v) is 10.9. The number of likely N-dealkylation sites (tertiary alicyclic amines) is 1. The van der Waals surface area contributed by atoms with Crippen LogP contribution in [0.4, 0.5) is 5.69 Å². The van der Waals surface area contributed by atoms with Gasteiger partial charge in [-0.05, 0) is 55.2 Å². The third kappa shape index (κ3) is 6.41. The van der Waals surface area contributed by atoms with Crippen molar-refractivity contribution in [3.05, 3.63) is 29.8 Å². The number of aryl methyl sites for hydroxylation is 1. The molecule has 5 amide bonds. The van der Waals surface area contributed by atoms with Crippen molar-refractivity contribution in [1.29, 1.82) is 0 Å². The summed E-state index contributed by atoms with van der Waals surface area (Å²) in [5.74, 6) is -3.15. The minimum atomic E-state index is -0.969. The van der Waals surface area contributed by atoms with Crippen LogP contribution >= 0.6 is 0 Å². The van der Waals surface area contributed by atoms with E-state index in [0.29, 0.717) is 12.1 Å². The number of rotatable bonds is 6. The molecule has 2 fully saturated rings. The normalized spacial score (nSPS) is 22.2. The summed E-state index contributed by atoms with van der Waals surface area (Å²) in [7, 11) is 0. The molecular formula is C26H37N5O5. The van der Waals surface area contributed by atoms with Crippen LogP contribution in [0.25, 0.3) is 0 Å². The average molecular weight is 500 g/mol. The molecule has 0 bridgehead atoms. The van der Waals surface area contributed by atoms with Crippen molar-refractivity contribution in [2.24, 2.45) is 17.1 Å². The highest BCUT2D eigenvalue weighted by Crippen LogP contribution is 2.40. The van der Waals surface area contributed by atoms with Gasteiger partial charge in [-0.3, -0.25) is 24.0 Å². The summed E-state index contributed by atoms with van der Waals surface area (Å²) < 4.78 is 0. The van der Waals surface area contributed by atoms with Crippen molar-refractivity contribution >= 4 is 35.2 Å². The van der Waals surface area contributed by atoms with Gasteiger partial charge in [0.1, 0.15) is 12.1 Å². The zero-order chi connectivity index (χ0) is 26.6. The van der Waals surface area contributed by atoms with Crippen molar-refractivity contribution < 1.29 is 24.0 Å². The number of primary amides is 1. The number of amides is 5. The number of benzene rings is 1. The Morgan fingerprint density at radius 2 is 1.78 bits per heavy atom. The average Bonchev–Trinajstić information content (AvgIpc) is 3.20. The largest absolute Gasteiger partial charge is 0.368 e. The molecule has 1 saturated heterocycles. The summed E-state index contributed by atoms with van der Waals surface area (Å²) in [5, 5.41) is 7.49. The predicted molar refractivity (Wildman–Crippen MR) is 134 cm³/mol. The van der Waals surface area contributed by atoms with Crippen molar-refractivity contribution in [1.82, 2.24) is 15.5 Å². The maximum absolute atomic E-state index is 13.7. The van der Waals surface area contributed by atoms with Gasteiger partial charge in [0.25, 0.3) is 0 Å². The standard InChI is InChI=1S/C26H37N5O5/c1-15-8-7-10-17(12-15)29-24(35)23(34)28-14-20(32)30-21(26(2,3)4)25(36)31-18-11-6-5-9-16(18)13-19(31)22(27)33/h7-8,10,12,16,18-19,21H,5-6,9,11,13-14H2,1-4H3,(H2,27,33)(H,28,34)(H,29,35)(H,30,32)/t16?,18?,19-,21+/m0/s1. The Morgan fingerprint density at radius 3 is 2.42 bits per heavy atom. The van der Waals surface area contributed by atoms with E-state index in [1.54, 1.807) is 23.1 Å². The van der Waals surface area contributed by atoms with Gasteiger partial charge in [-0.25, -0.2) is 0 Å². The molecule has 0 radical (unpaired) electrons. The molecule has 5 N–H and O–H groups in total. The number of fused-ring (bicyclic) bond motifs is 1. The number of hydrogen-bond donors (Lipinski definition) is 4. The summed E-state index contributed by atoms with van der Waals surface area (Å²) in [6.07, 6.45) is 4.33. The molecule has 1 aromatic rings. The van der Waals surface area contributed by atoms with E-state index in [2.05, 4.69) is 16.0 Å². The fourth-order valence-corrected chi connectivity index (χ4v) is 5.19. The Morgan fingerprint density at radius 1 is 1.08 bits per heavy atom. The van der Waals surface area contributed by atoms with Crippen LogP contribution in [-0.2, 0) is 24.0 Å². The number of nitrogens with two attached hydrogens (primary N) is 1. The van der Waals surface area contributed by atoms with Gasteiger partial charge in [-0.2, -0.15) is 0 Å². The monoisotopic (exact) mass is 499 g/mol.